The minimum atomic E-state index is -1.27. The first-order chi connectivity index (χ1) is 14.6. The van der Waals surface area contributed by atoms with Crippen molar-refractivity contribution >= 4 is 23.3 Å². The number of carbonyl (C=O) groups excluding carboxylic acids is 3. The van der Waals surface area contributed by atoms with E-state index in [1.165, 1.54) is 0 Å². The van der Waals surface area contributed by atoms with Gasteiger partial charge in [0.05, 0.1) is 25.9 Å². The highest BCUT2D eigenvalue weighted by Crippen LogP contribution is 2.30. The lowest BCUT2D eigenvalue weighted by atomic mass is 9.92. The van der Waals surface area contributed by atoms with E-state index >= 15 is 0 Å². The smallest absolute Gasteiger partial charge is 0.252 e. The quantitative estimate of drug-likeness (QED) is 0.300. The Bertz CT molecular complexity index is 791. The topological polar surface area (TPSA) is 140 Å². The van der Waals surface area contributed by atoms with Crippen LogP contribution < -0.4 is 16.0 Å². The number of epoxide rings is 1. The van der Waals surface area contributed by atoms with Crippen molar-refractivity contribution in [1.82, 2.24) is 10.6 Å². The molecule has 0 saturated carbocycles. The van der Waals surface area contributed by atoms with Crippen molar-refractivity contribution in [2.24, 2.45) is 5.92 Å². The Kier molecular flexibility index (Phi) is 8.55. The molecule has 2 rings (SSSR count). The number of carbonyl (C=O) groups is 3. The van der Waals surface area contributed by atoms with Crippen LogP contribution in [-0.4, -0.2) is 71.4 Å². The fraction of sp³-hybridized carbons (Fsp3) is 0.591. The van der Waals surface area contributed by atoms with Crippen LogP contribution in [0.1, 0.15) is 44.5 Å². The molecule has 1 aromatic rings. The predicted octanol–water partition coefficient (Wildman–Crippen LogP) is 0.459. The lowest BCUT2D eigenvalue weighted by Gasteiger charge is -2.24. The highest BCUT2D eigenvalue weighted by atomic mass is 16.6. The first kappa shape index (κ1) is 24.8. The zero-order valence-corrected chi connectivity index (χ0v) is 18.5. The third-order valence-electron chi connectivity index (χ3n) is 4.92. The normalized spacial score (nSPS) is 19.6. The number of hydrogen-bond donors (Lipinski definition) is 5. The van der Waals surface area contributed by atoms with Crippen LogP contribution in [0.4, 0.5) is 5.69 Å². The van der Waals surface area contributed by atoms with E-state index in [1.54, 1.807) is 18.2 Å². The van der Waals surface area contributed by atoms with Crippen LogP contribution in [0.25, 0.3) is 0 Å². The third kappa shape index (κ3) is 6.75. The van der Waals surface area contributed by atoms with Gasteiger partial charge in [0.1, 0.15) is 6.04 Å². The fourth-order valence-corrected chi connectivity index (χ4v) is 3.21. The van der Waals surface area contributed by atoms with Crippen molar-refractivity contribution in [3.8, 4) is 0 Å². The molecule has 31 heavy (non-hydrogen) atoms. The summed E-state index contributed by atoms with van der Waals surface area (Å²) in [6, 6.07) is 4.85. The fourth-order valence-electron chi connectivity index (χ4n) is 3.21. The number of amides is 2. The number of aliphatic hydroxyl groups excluding tert-OH is 2. The van der Waals surface area contributed by atoms with Crippen LogP contribution in [0.2, 0.25) is 0 Å². The molecule has 3 atom stereocenters. The lowest BCUT2D eigenvalue weighted by Crippen LogP contribution is -2.55. The second-order valence-corrected chi connectivity index (χ2v) is 8.58. The third-order valence-corrected chi connectivity index (χ3v) is 4.92. The Balaban J connectivity index is 2.07. The van der Waals surface area contributed by atoms with Gasteiger partial charge in [0, 0.05) is 17.3 Å². The Hall–Kier alpha value is -2.49. The molecule has 0 aliphatic carbocycles. The van der Waals surface area contributed by atoms with Crippen molar-refractivity contribution in [2.75, 3.05) is 25.1 Å². The number of Topliss-reactive ketones (excluding diaryl/α,β-unsaturated/α-hetero) is 1. The van der Waals surface area contributed by atoms with Gasteiger partial charge >= 0.3 is 0 Å². The van der Waals surface area contributed by atoms with Gasteiger partial charge in [-0.3, -0.25) is 14.4 Å². The average molecular weight is 436 g/mol. The molecule has 2 unspecified atom stereocenters. The molecular formula is C22H33N3O6. The van der Waals surface area contributed by atoms with E-state index in [4.69, 9.17) is 4.74 Å². The molecule has 2 amide bonds. The molecule has 1 fully saturated rings. The van der Waals surface area contributed by atoms with Crippen LogP contribution in [-0.2, 0) is 14.3 Å². The van der Waals surface area contributed by atoms with Gasteiger partial charge in [-0.15, -0.1) is 0 Å². The van der Waals surface area contributed by atoms with Gasteiger partial charge in [0.15, 0.2) is 11.4 Å². The van der Waals surface area contributed by atoms with Crippen molar-refractivity contribution in [1.29, 1.82) is 0 Å². The van der Waals surface area contributed by atoms with Gasteiger partial charge in [-0.2, -0.15) is 0 Å². The Morgan fingerprint density at radius 1 is 1.10 bits per heavy atom. The molecule has 1 heterocycles. The summed E-state index contributed by atoms with van der Waals surface area (Å²) in [6.45, 7) is 6.75. The Morgan fingerprint density at radius 2 is 1.77 bits per heavy atom. The number of benzene rings is 1. The molecule has 9 nitrogen and oxygen atoms in total. The molecule has 0 spiro atoms. The summed E-state index contributed by atoms with van der Waals surface area (Å²) in [7, 11) is 0. The minimum Gasteiger partial charge on any atom is -0.394 e. The van der Waals surface area contributed by atoms with Crippen LogP contribution >= 0.6 is 0 Å². The molecule has 9 heteroatoms. The number of nitrogens with one attached hydrogen (secondary N) is 3. The second-order valence-electron chi connectivity index (χ2n) is 8.58. The van der Waals surface area contributed by atoms with Crippen molar-refractivity contribution in [3.05, 3.63) is 29.8 Å². The van der Waals surface area contributed by atoms with Crippen LogP contribution in [0.3, 0.4) is 0 Å². The maximum Gasteiger partial charge on any atom is 0.252 e. The van der Waals surface area contributed by atoms with Crippen molar-refractivity contribution in [2.45, 2.75) is 57.8 Å². The minimum absolute atomic E-state index is 0.0853. The number of anilines is 1. The van der Waals surface area contributed by atoms with Gasteiger partial charge in [-0.1, -0.05) is 19.9 Å². The molecule has 1 aliphatic rings. The van der Waals surface area contributed by atoms with Gasteiger partial charge in [0.2, 0.25) is 5.91 Å². The van der Waals surface area contributed by atoms with E-state index < -0.39 is 48.5 Å². The standard InChI is InChI=1S/C22H33N3O6/c1-13(2)8-17(19(28)22(11-27)12-31-22)24-21(30)18(10-26)25-20(29)15-6-5-7-16(9-15)23-14(3)4/h5-7,9,13-14,17-18,23,26-27H,8,10-12H2,1-4H3,(H,24,30)(H,25,29)/t17?,18-,22?/m0/s1. The summed E-state index contributed by atoms with van der Waals surface area (Å²) in [6.07, 6.45) is 0.338. The molecule has 0 aromatic heterocycles. The summed E-state index contributed by atoms with van der Waals surface area (Å²) in [5, 5.41) is 27.5. The van der Waals surface area contributed by atoms with Crippen molar-refractivity contribution in [3.63, 3.8) is 0 Å². The van der Waals surface area contributed by atoms with Gasteiger partial charge in [-0.05, 0) is 44.4 Å². The SMILES string of the molecule is CC(C)CC(NC(=O)[C@H](CO)NC(=O)c1cccc(NC(C)C)c1)C(=O)C1(CO)CO1. The average Bonchev–Trinajstić information content (AvgIpc) is 3.51. The maximum absolute atomic E-state index is 12.8. The number of rotatable bonds is 12. The summed E-state index contributed by atoms with van der Waals surface area (Å²) >= 11 is 0. The van der Waals surface area contributed by atoms with Gasteiger partial charge in [-0.25, -0.2) is 0 Å². The second kappa shape index (κ2) is 10.7. The highest BCUT2D eigenvalue weighted by molar-refractivity contribution is 6.00. The zero-order valence-electron chi connectivity index (χ0n) is 18.5. The van der Waals surface area contributed by atoms with E-state index in [-0.39, 0.29) is 18.6 Å². The molecule has 1 aromatic carbocycles. The van der Waals surface area contributed by atoms with Gasteiger partial charge < -0.3 is 30.9 Å². The Labute approximate surface area is 182 Å². The van der Waals surface area contributed by atoms with E-state index in [2.05, 4.69) is 16.0 Å². The molecular weight excluding hydrogens is 402 g/mol. The van der Waals surface area contributed by atoms with Crippen LogP contribution in [0.15, 0.2) is 24.3 Å². The van der Waals surface area contributed by atoms with Gasteiger partial charge in [0.25, 0.3) is 5.91 Å². The van der Waals surface area contributed by atoms with Crippen molar-refractivity contribution < 1.29 is 29.3 Å². The van der Waals surface area contributed by atoms with E-state index in [0.717, 1.165) is 5.69 Å². The van der Waals surface area contributed by atoms with E-state index in [9.17, 15) is 24.6 Å². The monoisotopic (exact) mass is 435 g/mol. The first-order valence-electron chi connectivity index (χ1n) is 10.5. The number of hydrogen-bond acceptors (Lipinski definition) is 7. The summed E-state index contributed by atoms with van der Waals surface area (Å²) in [5.74, 6) is -1.53. The lowest BCUT2D eigenvalue weighted by molar-refractivity contribution is -0.133. The van der Waals surface area contributed by atoms with Crippen LogP contribution in [0.5, 0.6) is 0 Å². The molecule has 1 aliphatic heterocycles. The number of ketones is 1. The number of ether oxygens (including phenoxy) is 1. The Morgan fingerprint density at radius 3 is 2.29 bits per heavy atom. The van der Waals surface area contributed by atoms with Crippen LogP contribution in [0, 0.1) is 5.92 Å². The zero-order chi connectivity index (χ0) is 23.2. The molecule has 0 radical (unpaired) electrons. The molecule has 1 saturated heterocycles. The molecule has 0 bridgehead atoms. The highest BCUT2D eigenvalue weighted by Gasteiger charge is 2.54. The predicted molar refractivity (Wildman–Crippen MR) is 116 cm³/mol. The first-order valence-corrected chi connectivity index (χ1v) is 10.5. The largest absolute Gasteiger partial charge is 0.394 e. The van der Waals surface area contributed by atoms with E-state index in [1.807, 2.05) is 33.8 Å². The molecule has 172 valence electrons. The maximum atomic E-state index is 12.8. The summed E-state index contributed by atoms with van der Waals surface area (Å²) in [4.78, 5) is 38.1. The molecule has 5 N–H and O–H groups in total. The summed E-state index contributed by atoms with van der Waals surface area (Å²) < 4.78 is 5.12. The number of aliphatic hydroxyl groups is 2. The summed E-state index contributed by atoms with van der Waals surface area (Å²) in [5.41, 5.74) is -0.180. The van der Waals surface area contributed by atoms with E-state index in [0.29, 0.717) is 12.0 Å².